The number of nitrogens with zero attached hydrogens (tertiary/aromatic N) is 3. The number of hydrogen-bond acceptors (Lipinski definition) is 6. The van der Waals surface area contributed by atoms with E-state index < -0.39 is 11.4 Å². The Kier molecular flexibility index (Phi) is 8.99. The Labute approximate surface area is 237 Å². The number of carboxylic acids is 1. The van der Waals surface area contributed by atoms with E-state index in [1.54, 1.807) is 18.3 Å². The number of thiazole rings is 1. The summed E-state index contributed by atoms with van der Waals surface area (Å²) in [5.41, 5.74) is 3.39. The van der Waals surface area contributed by atoms with Gasteiger partial charge < -0.3 is 15.3 Å². The summed E-state index contributed by atoms with van der Waals surface area (Å²) >= 11 is 1.35. The summed E-state index contributed by atoms with van der Waals surface area (Å²) < 4.78 is 14.6. The van der Waals surface area contributed by atoms with Gasteiger partial charge in [0.25, 0.3) is 0 Å². The maximum atomic E-state index is 13.7. The molecule has 0 unspecified atom stereocenters. The average molecular weight is 564 g/mol. The van der Waals surface area contributed by atoms with E-state index in [0.717, 1.165) is 27.0 Å². The van der Waals surface area contributed by atoms with Gasteiger partial charge in [0.15, 0.2) is 5.13 Å². The number of amides is 2. The van der Waals surface area contributed by atoms with Crippen LogP contribution in [-0.4, -0.2) is 52.8 Å². The number of nitrogens with one attached hydrogen (secondary N) is 2. The van der Waals surface area contributed by atoms with E-state index >= 15 is 0 Å². The molecule has 2 heterocycles. The van der Waals surface area contributed by atoms with Crippen molar-refractivity contribution in [3.05, 3.63) is 66.3 Å². The summed E-state index contributed by atoms with van der Waals surface area (Å²) in [6.07, 6.45) is 5.40. The molecular weight excluding hydrogens is 529 g/mol. The third-order valence-corrected chi connectivity index (χ3v) is 8.44. The lowest BCUT2D eigenvalue weighted by Gasteiger charge is -2.39. The van der Waals surface area contributed by atoms with Crippen molar-refractivity contribution in [2.75, 3.05) is 25.0 Å². The summed E-state index contributed by atoms with van der Waals surface area (Å²) in [5, 5.41) is 15.6. The Morgan fingerprint density at radius 3 is 2.52 bits per heavy atom. The van der Waals surface area contributed by atoms with E-state index in [1.165, 1.54) is 23.5 Å². The highest BCUT2D eigenvalue weighted by Crippen LogP contribution is 2.38. The number of anilines is 1. The Morgan fingerprint density at radius 1 is 1.23 bits per heavy atom. The number of carboxylic acid groups (broad SMARTS) is 1. The summed E-state index contributed by atoms with van der Waals surface area (Å²) in [6.45, 7) is 11.5. The minimum atomic E-state index is -0.737. The van der Waals surface area contributed by atoms with E-state index in [-0.39, 0.29) is 11.8 Å². The Hall–Kier alpha value is -4.05. The lowest BCUT2D eigenvalue weighted by Crippen LogP contribution is -2.43. The molecule has 8 nitrogen and oxygen atoms in total. The number of carbonyl (C=O) groups excluding carboxylic acids is 1. The minimum Gasteiger partial charge on any atom is -0.481 e. The monoisotopic (exact) mass is 563 g/mol. The molecule has 3 aromatic rings. The summed E-state index contributed by atoms with van der Waals surface area (Å²) in [6, 6.07) is 9.90. The molecule has 1 aliphatic rings. The molecule has 2 amide bonds. The molecule has 10 heteroatoms. The van der Waals surface area contributed by atoms with Crippen LogP contribution >= 0.6 is 11.3 Å². The number of aromatic nitrogens is 1. The number of hydrogen-bond donors (Lipinski definition) is 3. The SMILES string of the molecule is C=C(/N=C\C(=C/C)c1cc(-c2ccc(F)cc2)c2sc(NC(=O)NCC)nc2c1)N1CCC(CC)(C(=O)O)CC1. The zero-order chi connectivity index (χ0) is 28.9. The number of carbonyl (C=O) groups is 2. The molecule has 3 N–H and O–H groups in total. The van der Waals surface area contributed by atoms with Crippen molar-refractivity contribution in [2.24, 2.45) is 10.4 Å². The van der Waals surface area contributed by atoms with Gasteiger partial charge in [0.2, 0.25) is 0 Å². The van der Waals surface area contributed by atoms with Crippen molar-refractivity contribution in [2.45, 2.75) is 40.0 Å². The molecule has 1 aromatic heterocycles. The average Bonchev–Trinajstić information content (AvgIpc) is 3.35. The van der Waals surface area contributed by atoms with E-state index in [1.807, 2.05) is 43.9 Å². The van der Waals surface area contributed by atoms with Gasteiger partial charge in [-0.25, -0.2) is 19.2 Å². The number of allylic oxidation sites excluding steroid dienone is 2. The number of likely N-dealkylation sites (tertiary alicyclic amines) is 1. The van der Waals surface area contributed by atoms with Crippen LogP contribution in [0.3, 0.4) is 0 Å². The molecule has 0 saturated carbocycles. The van der Waals surface area contributed by atoms with Crippen molar-refractivity contribution in [3.8, 4) is 11.1 Å². The van der Waals surface area contributed by atoms with Crippen LogP contribution in [0.1, 0.15) is 45.6 Å². The quantitative estimate of drug-likeness (QED) is 0.249. The molecule has 0 atom stereocenters. The van der Waals surface area contributed by atoms with Crippen LogP contribution in [0.15, 0.2) is 59.9 Å². The van der Waals surface area contributed by atoms with Crippen LogP contribution in [0, 0.1) is 11.2 Å². The van der Waals surface area contributed by atoms with Gasteiger partial charge in [0.1, 0.15) is 11.6 Å². The third kappa shape index (κ3) is 6.22. The van der Waals surface area contributed by atoms with Crippen LogP contribution in [0.5, 0.6) is 0 Å². The van der Waals surface area contributed by atoms with E-state index in [0.29, 0.717) is 55.4 Å². The van der Waals surface area contributed by atoms with Crippen molar-refractivity contribution in [1.29, 1.82) is 0 Å². The Balaban J connectivity index is 1.63. The number of piperidine rings is 1. The van der Waals surface area contributed by atoms with Gasteiger partial charge >= 0.3 is 12.0 Å². The second-order valence-corrected chi connectivity index (χ2v) is 10.7. The number of aliphatic carboxylic acids is 1. The van der Waals surface area contributed by atoms with Crippen molar-refractivity contribution >= 4 is 50.5 Å². The first-order valence-electron chi connectivity index (χ1n) is 13.3. The summed E-state index contributed by atoms with van der Waals surface area (Å²) in [5.74, 6) is -0.480. The number of benzene rings is 2. The van der Waals surface area contributed by atoms with Crippen LogP contribution < -0.4 is 10.6 Å². The van der Waals surface area contributed by atoms with Gasteiger partial charge in [0, 0.05) is 31.4 Å². The lowest BCUT2D eigenvalue weighted by atomic mass is 9.76. The fraction of sp³-hybridized carbons (Fsp3) is 0.333. The number of urea groups is 1. The molecule has 2 aromatic carbocycles. The zero-order valence-corrected chi connectivity index (χ0v) is 23.8. The number of fused-ring (bicyclic) bond motifs is 1. The second-order valence-electron chi connectivity index (χ2n) is 9.73. The Bertz CT molecular complexity index is 1470. The van der Waals surface area contributed by atoms with Gasteiger partial charge in [-0.1, -0.05) is 43.0 Å². The lowest BCUT2D eigenvalue weighted by molar-refractivity contribution is -0.152. The normalized spacial score (nSPS) is 15.4. The van der Waals surface area contributed by atoms with E-state index in [9.17, 15) is 19.1 Å². The van der Waals surface area contributed by atoms with Gasteiger partial charge in [-0.3, -0.25) is 10.1 Å². The standard InChI is InChI=1S/C30H34FN5O3S/c1-5-20(18-33-19(4)36-14-12-30(6-2,13-15-36)27(37)38)22-16-24(21-8-10-23(31)11-9-21)26-25(17-22)34-29(40-26)35-28(39)32-7-3/h5,8-11,16-18H,4,6-7,12-15H2,1-3H3,(H,37,38)(H2,32,34,35,39)/b20-5+,33-18-. The molecule has 0 bridgehead atoms. The highest BCUT2D eigenvalue weighted by Gasteiger charge is 2.40. The molecule has 0 radical (unpaired) electrons. The smallest absolute Gasteiger partial charge is 0.321 e. The fourth-order valence-corrected chi connectivity index (χ4v) is 5.83. The van der Waals surface area contributed by atoms with Crippen molar-refractivity contribution < 1.29 is 19.1 Å². The number of halogens is 1. The molecule has 0 spiro atoms. The first-order valence-corrected chi connectivity index (χ1v) is 14.1. The highest BCUT2D eigenvalue weighted by molar-refractivity contribution is 7.22. The first kappa shape index (κ1) is 28.9. The number of aliphatic imine (C=N–C) groups is 1. The van der Waals surface area contributed by atoms with Gasteiger partial charge in [-0.05, 0) is 74.1 Å². The third-order valence-electron chi connectivity index (χ3n) is 7.42. The maximum Gasteiger partial charge on any atom is 0.321 e. The molecule has 40 heavy (non-hydrogen) atoms. The summed E-state index contributed by atoms with van der Waals surface area (Å²) in [4.78, 5) is 35.2. The molecule has 4 rings (SSSR count). The molecular formula is C30H34FN5O3S. The van der Waals surface area contributed by atoms with Crippen molar-refractivity contribution in [1.82, 2.24) is 15.2 Å². The first-order chi connectivity index (χ1) is 19.2. The summed E-state index contributed by atoms with van der Waals surface area (Å²) in [7, 11) is 0. The van der Waals surface area contributed by atoms with Crippen LogP contribution in [-0.2, 0) is 4.79 Å². The molecule has 1 fully saturated rings. The van der Waals surface area contributed by atoms with Crippen LogP contribution in [0.4, 0.5) is 14.3 Å². The topological polar surface area (TPSA) is 107 Å². The molecule has 210 valence electrons. The van der Waals surface area contributed by atoms with Crippen LogP contribution in [0.25, 0.3) is 26.9 Å². The number of rotatable bonds is 9. The molecule has 0 aliphatic carbocycles. The zero-order valence-electron chi connectivity index (χ0n) is 23.0. The minimum absolute atomic E-state index is 0.323. The second kappa shape index (κ2) is 12.4. The largest absolute Gasteiger partial charge is 0.481 e. The van der Waals surface area contributed by atoms with Gasteiger partial charge in [0.05, 0.1) is 15.6 Å². The molecule has 1 saturated heterocycles. The van der Waals surface area contributed by atoms with Gasteiger partial charge in [-0.2, -0.15) is 0 Å². The predicted octanol–water partition coefficient (Wildman–Crippen LogP) is 6.77. The maximum absolute atomic E-state index is 13.7. The predicted molar refractivity (Wildman–Crippen MR) is 160 cm³/mol. The van der Waals surface area contributed by atoms with Gasteiger partial charge in [-0.15, -0.1) is 0 Å². The van der Waals surface area contributed by atoms with E-state index in [2.05, 4.69) is 27.2 Å². The fourth-order valence-electron chi connectivity index (χ4n) is 4.85. The van der Waals surface area contributed by atoms with Crippen molar-refractivity contribution in [3.63, 3.8) is 0 Å². The Morgan fingerprint density at radius 2 is 1.93 bits per heavy atom. The van der Waals surface area contributed by atoms with E-state index in [4.69, 9.17) is 0 Å². The highest BCUT2D eigenvalue weighted by atomic mass is 32.1. The molecule has 1 aliphatic heterocycles. The van der Waals surface area contributed by atoms with Crippen LogP contribution in [0.2, 0.25) is 0 Å².